The average molecular weight is 243 g/mol. The molecule has 0 aliphatic carbocycles. The van der Waals surface area contributed by atoms with Crippen LogP contribution in [0.2, 0.25) is 5.02 Å². The molecule has 0 atom stereocenters. The molecule has 0 unspecified atom stereocenters. The smallest absolute Gasteiger partial charge is 0.311 e. The lowest BCUT2D eigenvalue weighted by Gasteiger charge is -2.03. The van der Waals surface area contributed by atoms with Crippen molar-refractivity contribution < 1.29 is 14.6 Å². The second kappa shape index (κ2) is 7.25. The predicted molar refractivity (Wildman–Crippen MR) is 62.6 cm³/mol. The first-order valence-electron chi connectivity index (χ1n) is 5.29. The zero-order valence-electron chi connectivity index (χ0n) is 8.99. The molecule has 0 aromatic heterocycles. The van der Waals surface area contributed by atoms with Crippen LogP contribution >= 0.6 is 11.6 Å². The number of hydrogen-bond acceptors (Lipinski definition) is 3. The Hall–Kier alpha value is -1.06. The summed E-state index contributed by atoms with van der Waals surface area (Å²) in [7, 11) is 0. The number of carbonyl (C=O) groups is 1. The zero-order valence-corrected chi connectivity index (χ0v) is 9.74. The molecular weight excluding hydrogens is 228 g/mol. The Morgan fingerprint density at radius 2 is 1.88 bits per heavy atom. The molecule has 0 radical (unpaired) electrons. The van der Waals surface area contributed by atoms with E-state index in [1.807, 2.05) is 0 Å². The molecule has 0 aliphatic rings. The molecule has 0 heterocycles. The summed E-state index contributed by atoms with van der Waals surface area (Å²) in [4.78, 5) is 11.3. The molecule has 0 bridgehead atoms. The lowest BCUT2D eigenvalue weighted by atomic mass is 10.2. The van der Waals surface area contributed by atoms with Crippen LogP contribution in [-0.4, -0.2) is 17.7 Å². The number of halogens is 1. The van der Waals surface area contributed by atoms with E-state index in [9.17, 15) is 4.79 Å². The molecule has 0 fully saturated rings. The molecule has 1 N–H and O–H groups in total. The number of ether oxygens (including phenoxy) is 1. The molecule has 3 nitrogen and oxygen atoms in total. The number of carbonyl (C=O) groups excluding carboxylic acids is 1. The van der Waals surface area contributed by atoms with Crippen LogP contribution in [0, 0.1) is 0 Å². The van der Waals surface area contributed by atoms with Gasteiger partial charge in [-0.2, -0.15) is 0 Å². The van der Waals surface area contributed by atoms with E-state index in [-0.39, 0.29) is 12.6 Å². The Bertz CT molecular complexity index is 322. The van der Waals surface area contributed by atoms with Crippen LogP contribution in [0.25, 0.3) is 0 Å². The minimum absolute atomic E-state index is 0.173. The van der Waals surface area contributed by atoms with E-state index >= 15 is 0 Å². The summed E-state index contributed by atoms with van der Waals surface area (Å²) >= 11 is 5.70. The molecule has 0 aliphatic heterocycles. The summed E-state index contributed by atoms with van der Waals surface area (Å²) in [6, 6.07) is 6.67. The van der Waals surface area contributed by atoms with E-state index in [4.69, 9.17) is 21.4 Å². The Morgan fingerprint density at radius 1 is 1.19 bits per heavy atom. The van der Waals surface area contributed by atoms with Crippen molar-refractivity contribution in [3.8, 4) is 5.75 Å². The standard InChI is InChI=1S/C12H15ClO3/c13-10-5-7-11(8-6-10)16-12(15)4-2-1-3-9-14/h5-8,14H,1-4,9H2. The third-order valence-electron chi connectivity index (χ3n) is 2.08. The maximum atomic E-state index is 11.3. The molecule has 1 aromatic carbocycles. The van der Waals surface area contributed by atoms with Gasteiger partial charge >= 0.3 is 5.97 Å². The van der Waals surface area contributed by atoms with Gasteiger partial charge in [-0.05, 0) is 37.1 Å². The molecule has 16 heavy (non-hydrogen) atoms. The number of esters is 1. The minimum Gasteiger partial charge on any atom is -0.427 e. The Kier molecular flexibility index (Phi) is 5.90. The number of benzene rings is 1. The van der Waals surface area contributed by atoms with Crippen molar-refractivity contribution in [2.24, 2.45) is 0 Å². The van der Waals surface area contributed by atoms with Gasteiger partial charge in [0.2, 0.25) is 0 Å². The van der Waals surface area contributed by atoms with Crippen molar-refractivity contribution in [3.63, 3.8) is 0 Å². The van der Waals surface area contributed by atoms with Crippen LogP contribution in [0.4, 0.5) is 0 Å². The molecule has 4 heteroatoms. The summed E-state index contributed by atoms with van der Waals surface area (Å²) in [5, 5.41) is 9.18. The second-order valence-electron chi connectivity index (χ2n) is 3.46. The van der Waals surface area contributed by atoms with Crippen LogP contribution in [-0.2, 0) is 4.79 Å². The third-order valence-corrected chi connectivity index (χ3v) is 2.34. The summed E-state index contributed by atoms with van der Waals surface area (Å²) in [6.45, 7) is 0.173. The SMILES string of the molecule is O=C(CCCCCO)Oc1ccc(Cl)cc1. The Labute approximate surface area is 100.0 Å². The van der Waals surface area contributed by atoms with Crippen LogP contribution in [0.15, 0.2) is 24.3 Å². The monoisotopic (exact) mass is 242 g/mol. The minimum atomic E-state index is -0.250. The highest BCUT2D eigenvalue weighted by Crippen LogP contribution is 2.16. The fourth-order valence-electron chi connectivity index (χ4n) is 1.24. The summed E-state index contributed by atoms with van der Waals surface area (Å²) in [5.41, 5.74) is 0. The zero-order chi connectivity index (χ0) is 11.8. The number of aliphatic hydroxyl groups is 1. The molecule has 0 spiro atoms. The molecule has 0 saturated carbocycles. The van der Waals surface area contributed by atoms with Crippen LogP contribution in [0.1, 0.15) is 25.7 Å². The third kappa shape index (κ3) is 5.14. The summed E-state index contributed by atoms with van der Waals surface area (Å²) in [6.07, 6.45) is 2.69. The molecule has 88 valence electrons. The summed E-state index contributed by atoms with van der Waals surface area (Å²) in [5.74, 6) is 0.261. The highest BCUT2D eigenvalue weighted by molar-refractivity contribution is 6.30. The van der Waals surface area contributed by atoms with E-state index in [1.54, 1.807) is 24.3 Å². The number of aliphatic hydroxyl groups excluding tert-OH is 1. The molecule has 1 aromatic rings. The van der Waals surface area contributed by atoms with Crippen LogP contribution < -0.4 is 4.74 Å². The van der Waals surface area contributed by atoms with Gasteiger partial charge in [-0.1, -0.05) is 18.0 Å². The van der Waals surface area contributed by atoms with E-state index in [0.29, 0.717) is 17.2 Å². The van der Waals surface area contributed by atoms with Gasteiger partial charge in [0.1, 0.15) is 5.75 Å². The van der Waals surface area contributed by atoms with Crippen LogP contribution in [0.5, 0.6) is 5.75 Å². The van der Waals surface area contributed by atoms with Crippen molar-refractivity contribution in [1.82, 2.24) is 0 Å². The molecule has 1 rings (SSSR count). The van der Waals surface area contributed by atoms with Gasteiger partial charge in [0.05, 0.1) is 0 Å². The molecule has 0 amide bonds. The summed E-state index contributed by atoms with van der Waals surface area (Å²) < 4.78 is 5.09. The maximum Gasteiger partial charge on any atom is 0.311 e. The predicted octanol–water partition coefficient (Wildman–Crippen LogP) is 2.80. The fourth-order valence-corrected chi connectivity index (χ4v) is 1.37. The lowest BCUT2D eigenvalue weighted by Crippen LogP contribution is -2.07. The van der Waals surface area contributed by atoms with Gasteiger partial charge in [-0.3, -0.25) is 4.79 Å². The van der Waals surface area contributed by atoms with Gasteiger partial charge in [0.15, 0.2) is 0 Å². The highest BCUT2D eigenvalue weighted by Gasteiger charge is 2.04. The first-order chi connectivity index (χ1) is 7.72. The number of rotatable bonds is 6. The van der Waals surface area contributed by atoms with Gasteiger partial charge in [-0.15, -0.1) is 0 Å². The fraction of sp³-hybridized carbons (Fsp3) is 0.417. The normalized spacial score (nSPS) is 10.1. The first-order valence-corrected chi connectivity index (χ1v) is 5.67. The Morgan fingerprint density at radius 3 is 2.50 bits per heavy atom. The number of unbranched alkanes of at least 4 members (excludes halogenated alkanes) is 2. The highest BCUT2D eigenvalue weighted by atomic mass is 35.5. The maximum absolute atomic E-state index is 11.3. The van der Waals surface area contributed by atoms with Gasteiger partial charge in [-0.25, -0.2) is 0 Å². The largest absolute Gasteiger partial charge is 0.427 e. The van der Waals surface area contributed by atoms with Gasteiger partial charge < -0.3 is 9.84 Å². The van der Waals surface area contributed by atoms with Crippen molar-refractivity contribution in [1.29, 1.82) is 0 Å². The Balaban J connectivity index is 2.26. The van der Waals surface area contributed by atoms with Crippen molar-refractivity contribution in [2.75, 3.05) is 6.61 Å². The first kappa shape index (κ1) is 13.0. The van der Waals surface area contributed by atoms with Gasteiger partial charge in [0.25, 0.3) is 0 Å². The van der Waals surface area contributed by atoms with Crippen molar-refractivity contribution in [3.05, 3.63) is 29.3 Å². The number of hydrogen-bond donors (Lipinski definition) is 1. The quantitative estimate of drug-likeness (QED) is 0.474. The van der Waals surface area contributed by atoms with Crippen molar-refractivity contribution in [2.45, 2.75) is 25.7 Å². The van der Waals surface area contributed by atoms with E-state index in [1.165, 1.54) is 0 Å². The average Bonchev–Trinajstić information content (AvgIpc) is 2.28. The molecular formula is C12H15ClO3. The lowest BCUT2D eigenvalue weighted by molar-refractivity contribution is -0.134. The van der Waals surface area contributed by atoms with E-state index in [0.717, 1.165) is 19.3 Å². The second-order valence-corrected chi connectivity index (χ2v) is 3.90. The molecule has 0 saturated heterocycles. The van der Waals surface area contributed by atoms with Gasteiger partial charge in [0, 0.05) is 18.1 Å². The van der Waals surface area contributed by atoms with E-state index in [2.05, 4.69) is 0 Å². The topological polar surface area (TPSA) is 46.5 Å². The van der Waals surface area contributed by atoms with Crippen LogP contribution in [0.3, 0.4) is 0 Å². The van der Waals surface area contributed by atoms with E-state index < -0.39 is 0 Å². The van der Waals surface area contributed by atoms with Crippen molar-refractivity contribution >= 4 is 17.6 Å².